The van der Waals surface area contributed by atoms with Crippen LogP contribution < -0.4 is 31.8 Å². The molecule has 2 aromatic rings. The number of para-hydroxylation sites is 1. The number of nitrogens with zero attached hydrogens (tertiary/aromatic N) is 1. The number of hydrogen-bond acceptors (Lipinski definition) is 8. The number of primary amides is 1. The van der Waals surface area contributed by atoms with Crippen molar-refractivity contribution in [1.29, 1.82) is 0 Å². The monoisotopic (exact) mass is 682 g/mol. The van der Waals surface area contributed by atoms with Crippen LogP contribution in [-0.4, -0.2) is 71.1 Å². The quantitative estimate of drug-likeness (QED) is 0.176. The second-order valence-corrected chi connectivity index (χ2v) is 13.3. The summed E-state index contributed by atoms with van der Waals surface area (Å²) in [7, 11) is 0. The van der Waals surface area contributed by atoms with Gasteiger partial charge < -0.3 is 31.2 Å². The minimum Gasteiger partial charge on any atom is -0.444 e. The van der Waals surface area contributed by atoms with Crippen molar-refractivity contribution < 1.29 is 38.2 Å². The van der Waals surface area contributed by atoms with E-state index in [1.807, 2.05) is 13.8 Å². The molecular weight excluding hydrogens is 632 g/mol. The number of nitrogens with two attached hydrogens (primary N) is 1. The second-order valence-electron chi connectivity index (χ2n) is 13.3. The van der Waals surface area contributed by atoms with Crippen molar-refractivity contribution in [3.8, 4) is 5.75 Å². The Hall–Kier alpha value is -5.14. The molecule has 14 heteroatoms. The lowest BCUT2D eigenvalue weighted by atomic mass is 9.99. The molecule has 0 heterocycles. The maximum atomic E-state index is 13.8. The van der Waals surface area contributed by atoms with E-state index < -0.39 is 59.5 Å². The lowest BCUT2D eigenvalue weighted by Gasteiger charge is -2.29. The number of alkyl carbamates (subject to hydrolysis) is 1. The summed E-state index contributed by atoms with van der Waals surface area (Å²) in [5, 5.41) is 8.86. The lowest BCUT2D eigenvalue weighted by Crippen LogP contribution is -2.60. The lowest BCUT2D eigenvalue weighted by molar-refractivity contribution is -0.134. The first-order chi connectivity index (χ1) is 22.9. The van der Waals surface area contributed by atoms with Gasteiger partial charge in [-0.15, -0.1) is 0 Å². The van der Waals surface area contributed by atoms with E-state index in [0.717, 1.165) is 5.01 Å². The van der Waals surface area contributed by atoms with Gasteiger partial charge in [-0.3, -0.25) is 24.6 Å². The minimum atomic E-state index is -1.23. The third-order valence-corrected chi connectivity index (χ3v) is 6.87. The van der Waals surface area contributed by atoms with Crippen LogP contribution in [0.5, 0.6) is 5.75 Å². The second kappa shape index (κ2) is 19.0. The van der Waals surface area contributed by atoms with Crippen LogP contribution in [0.2, 0.25) is 0 Å². The molecule has 0 bridgehead atoms. The number of nitrogens with one attached hydrogen (secondary N) is 4. The molecule has 6 N–H and O–H groups in total. The molecule has 268 valence electrons. The fourth-order valence-corrected chi connectivity index (χ4v) is 4.54. The number of rotatable bonds is 15. The van der Waals surface area contributed by atoms with E-state index in [-0.39, 0.29) is 43.4 Å². The van der Waals surface area contributed by atoms with Crippen LogP contribution in [0, 0.1) is 11.8 Å². The molecule has 3 atom stereocenters. The van der Waals surface area contributed by atoms with Gasteiger partial charge >= 0.3 is 12.2 Å². The molecule has 0 saturated carbocycles. The van der Waals surface area contributed by atoms with Gasteiger partial charge in [0.1, 0.15) is 29.5 Å². The number of hydrogen-bond donors (Lipinski definition) is 5. The molecular formula is C35H50N6O8. The number of benzene rings is 2. The van der Waals surface area contributed by atoms with Gasteiger partial charge in [-0.05, 0) is 56.7 Å². The number of amides is 6. The van der Waals surface area contributed by atoms with E-state index in [1.165, 1.54) is 0 Å². The standard InChI is InChI=1S/C35H50N6O8/c1-22(2)20-26(38-32(45)29(23(3)4)39-33(46)49-35(5,6)7)30(43)37-27(21-24-14-10-8-11-15-24)31(44)40-41(19-18-28(36)42)34(47)48-25-16-12-9-13-17-25/h8-17,22-23,26-27,29H,18-21H2,1-7H3,(H2,36,42)(H,37,43)(H,38,45)(H,39,46)(H,40,44)/t26-,27-,29-/m0/s1. The average molecular weight is 683 g/mol. The topological polar surface area (TPSA) is 198 Å². The Morgan fingerprint density at radius 3 is 1.88 bits per heavy atom. The maximum absolute atomic E-state index is 13.8. The molecule has 0 spiro atoms. The largest absolute Gasteiger partial charge is 0.444 e. The smallest absolute Gasteiger partial charge is 0.434 e. The summed E-state index contributed by atoms with van der Waals surface area (Å²) < 4.78 is 10.7. The third-order valence-electron chi connectivity index (χ3n) is 6.87. The van der Waals surface area contributed by atoms with Gasteiger partial charge in [0.05, 0.1) is 6.54 Å². The Morgan fingerprint density at radius 1 is 0.776 bits per heavy atom. The van der Waals surface area contributed by atoms with Gasteiger partial charge in [-0.1, -0.05) is 76.2 Å². The predicted octanol–water partition coefficient (Wildman–Crippen LogP) is 3.20. The van der Waals surface area contributed by atoms with Gasteiger partial charge in [-0.25, -0.2) is 14.6 Å². The van der Waals surface area contributed by atoms with Crippen LogP contribution >= 0.6 is 0 Å². The number of carbonyl (C=O) groups is 6. The molecule has 2 rings (SSSR count). The molecule has 0 aliphatic carbocycles. The van der Waals surface area contributed by atoms with Crippen molar-refractivity contribution in [3.05, 3.63) is 66.2 Å². The van der Waals surface area contributed by atoms with Gasteiger partial charge in [-0.2, -0.15) is 0 Å². The Labute approximate surface area is 287 Å². The van der Waals surface area contributed by atoms with Crippen LogP contribution in [-0.2, 0) is 30.3 Å². The highest BCUT2D eigenvalue weighted by Crippen LogP contribution is 2.13. The highest BCUT2D eigenvalue weighted by Gasteiger charge is 2.33. The number of ether oxygens (including phenoxy) is 2. The van der Waals surface area contributed by atoms with E-state index in [4.69, 9.17) is 15.2 Å². The SMILES string of the molecule is CC(C)C[C@H](NC(=O)[C@@H](NC(=O)OC(C)(C)C)C(C)C)C(=O)N[C@@H](Cc1ccccc1)C(=O)NN(CCC(N)=O)C(=O)Oc1ccccc1. The van der Waals surface area contributed by atoms with Crippen molar-refractivity contribution in [3.63, 3.8) is 0 Å². The summed E-state index contributed by atoms with van der Waals surface area (Å²) in [6, 6.07) is 13.7. The molecule has 0 aliphatic rings. The molecule has 0 fully saturated rings. The minimum absolute atomic E-state index is 0.0208. The first-order valence-electron chi connectivity index (χ1n) is 16.2. The van der Waals surface area contributed by atoms with Crippen molar-refractivity contribution in [2.45, 2.75) is 91.5 Å². The summed E-state index contributed by atoms with van der Waals surface area (Å²) in [5.41, 5.74) is 7.68. The van der Waals surface area contributed by atoms with Crippen LogP contribution in [0.1, 0.15) is 66.9 Å². The number of hydrazine groups is 1. The third kappa shape index (κ3) is 15.1. The molecule has 49 heavy (non-hydrogen) atoms. The Balaban J connectivity index is 2.33. The van der Waals surface area contributed by atoms with Gasteiger partial charge in [0.2, 0.25) is 17.7 Å². The van der Waals surface area contributed by atoms with Crippen LogP contribution in [0.4, 0.5) is 9.59 Å². The number of carbonyl (C=O) groups excluding carboxylic acids is 6. The first kappa shape index (κ1) is 40.0. The fourth-order valence-electron chi connectivity index (χ4n) is 4.54. The zero-order chi connectivity index (χ0) is 36.7. The van der Waals surface area contributed by atoms with Crippen LogP contribution in [0.15, 0.2) is 60.7 Å². The van der Waals surface area contributed by atoms with Crippen LogP contribution in [0.3, 0.4) is 0 Å². The highest BCUT2D eigenvalue weighted by molar-refractivity contribution is 5.94. The van der Waals surface area contributed by atoms with E-state index >= 15 is 0 Å². The van der Waals surface area contributed by atoms with E-state index in [1.54, 1.807) is 95.3 Å². The Morgan fingerprint density at radius 2 is 1.35 bits per heavy atom. The first-order valence-corrected chi connectivity index (χ1v) is 16.2. The molecule has 0 aliphatic heterocycles. The van der Waals surface area contributed by atoms with E-state index in [0.29, 0.717) is 5.56 Å². The molecule has 0 aromatic heterocycles. The Kier molecular flexibility index (Phi) is 15.5. The molecule has 14 nitrogen and oxygen atoms in total. The van der Waals surface area contributed by atoms with Crippen molar-refractivity contribution in [1.82, 2.24) is 26.4 Å². The van der Waals surface area contributed by atoms with Crippen molar-refractivity contribution in [2.75, 3.05) is 6.54 Å². The summed E-state index contributed by atoms with van der Waals surface area (Å²) in [6.45, 7) is 12.0. The summed E-state index contributed by atoms with van der Waals surface area (Å²) >= 11 is 0. The zero-order valence-corrected chi connectivity index (χ0v) is 29.3. The molecule has 0 radical (unpaired) electrons. The molecule has 0 saturated heterocycles. The molecule has 0 unspecified atom stereocenters. The van der Waals surface area contributed by atoms with Gasteiger partial charge in [0.25, 0.3) is 5.91 Å². The van der Waals surface area contributed by atoms with Gasteiger partial charge in [0, 0.05) is 12.8 Å². The van der Waals surface area contributed by atoms with Crippen molar-refractivity contribution in [2.24, 2.45) is 17.6 Å². The van der Waals surface area contributed by atoms with E-state index in [2.05, 4.69) is 21.4 Å². The maximum Gasteiger partial charge on any atom is 0.434 e. The molecule has 6 amide bonds. The average Bonchev–Trinajstić information content (AvgIpc) is 3.00. The Bertz CT molecular complexity index is 1410. The van der Waals surface area contributed by atoms with Gasteiger partial charge in [0.15, 0.2) is 0 Å². The summed E-state index contributed by atoms with van der Waals surface area (Å²) in [5.74, 6) is -2.96. The van der Waals surface area contributed by atoms with Crippen LogP contribution in [0.25, 0.3) is 0 Å². The fraction of sp³-hybridized carbons (Fsp3) is 0.486. The predicted molar refractivity (Wildman–Crippen MR) is 183 cm³/mol. The zero-order valence-electron chi connectivity index (χ0n) is 29.3. The summed E-state index contributed by atoms with van der Waals surface area (Å²) in [4.78, 5) is 78.1. The highest BCUT2D eigenvalue weighted by atomic mass is 16.6. The van der Waals surface area contributed by atoms with E-state index in [9.17, 15) is 28.8 Å². The van der Waals surface area contributed by atoms with Crippen molar-refractivity contribution >= 4 is 35.8 Å². The molecule has 2 aromatic carbocycles. The summed E-state index contributed by atoms with van der Waals surface area (Å²) in [6.07, 6.45) is -1.81. The normalized spacial score (nSPS) is 13.0.